The Balaban J connectivity index is 2.25. The number of nitrogens with zero attached hydrogens (tertiary/aromatic N) is 1. The number of amides is 1. The van der Waals surface area contributed by atoms with E-state index in [0.29, 0.717) is 5.75 Å². The summed E-state index contributed by atoms with van der Waals surface area (Å²) in [6, 6.07) is 4.40. The molecule has 10 heteroatoms. The topological polar surface area (TPSA) is 136 Å². The highest BCUT2D eigenvalue weighted by molar-refractivity contribution is 7.89. The number of esters is 1. The lowest BCUT2D eigenvalue weighted by atomic mass is 10.2. The zero-order valence-corrected chi connectivity index (χ0v) is 13.7. The molecule has 0 unspecified atom stereocenters. The van der Waals surface area contributed by atoms with E-state index in [-0.39, 0.29) is 17.9 Å². The van der Waals surface area contributed by atoms with Gasteiger partial charge in [0.2, 0.25) is 10.0 Å². The number of carbonyl (C=O) groups is 2. The molecule has 9 nitrogen and oxygen atoms in total. The highest BCUT2D eigenvalue weighted by atomic mass is 32.2. The van der Waals surface area contributed by atoms with Crippen LogP contribution in [0.5, 0.6) is 5.75 Å². The van der Waals surface area contributed by atoms with Crippen molar-refractivity contribution in [3.63, 3.8) is 0 Å². The number of sulfonamides is 1. The molecule has 1 aliphatic heterocycles. The molecule has 2 atom stereocenters. The summed E-state index contributed by atoms with van der Waals surface area (Å²) in [6.45, 7) is -0.896. The number of rotatable bonds is 6. The van der Waals surface area contributed by atoms with Crippen LogP contribution in [0.2, 0.25) is 0 Å². The minimum atomic E-state index is -4.03. The van der Waals surface area contributed by atoms with Crippen molar-refractivity contribution in [1.29, 1.82) is 0 Å². The van der Waals surface area contributed by atoms with Crippen LogP contribution >= 0.6 is 0 Å². The van der Waals surface area contributed by atoms with E-state index in [1.165, 1.54) is 31.4 Å². The summed E-state index contributed by atoms with van der Waals surface area (Å²) in [7, 11) is -2.58. The molecule has 1 aromatic carbocycles. The largest absolute Gasteiger partial charge is 0.497 e. The molecule has 1 amide bonds. The van der Waals surface area contributed by atoms with Crippen LogP contribution in [0.1, 0.15) is 6.42 Å². The molecule has 24 heavy (non-hydrogen) atoms. The van der Waals surface area contributed by atoms with Gasteiger partial charge in [0.05, 0.1) is 18.1 Å². The lowest BCUT2D eigenvalue weighted by Crippen LogP contribution is -2.42. The summed E-state index contributed by atoms with van der Waals surface area (Å²) in [5.41, 5.74) is 4.90. The average molecular weight is 358 g/mol. The SMILES string of the molecule is COc1ccc(S(=O)(=O)N2C[C@@H](O)C[C@H]2C(=O)OCC(N)=O)cc1. The Labute approximate surface area is 139 Å². The second-order valence-corrected chi connectivity index (χ2v) is 7.12. The maximum absolute atomic E-state index is 12.7. The number of primary amides is 1. The molecule has 0 radical (unpaired) electrons. The molecule has 0 bridgehead atoms. The summed E-state index contributed by atoms with van der Waals surface area (Å²) in [5.74, 6) is -1.30. The van der Waals surface area contributed by atoms with Gasteiger partial charge in [-0.05, 0) is 24.3 Å². The van der Waals surface area contributed by atoms with Crippen LogP contribution in [0, 0.1) is 0 Å². The molecule has 1 aliphatic rings. The molecule has 0 aliphatic carbocycles. The third-order valence-electron chi connectivity index (χ3n) is 3.53. The Hall–Kier alpha value is -2.17. The van der Waals surface area contributed by atoms with Gasteiger partial charge in [0, 0.05) is 13.0 Å². The molecule has 1 saturated heterocycles. The average Bonchev–Trinajstić information content (AvgIpc) is 2.95. The highest BCUT2D eigenvalue weighted by Crippen LogP contribution is 2.28. The van der Waals surface area contributed by atoms with Crippen LogP contribution in [0.4, 0.5) is 0 Å². The van der Waals surface area contributed by atoms with Crippen molar-refractivity contribution in [2.45, 2.75) is 23.5 Å². The van der Waals surface area contributed by atoms with Crippen LogP contribution in [-0.4, -0.2) is 62.1 Å². The smallest absolute Gasteiger partial charge is 0.325 e. The van der Waals surface area contributed by atoms with Crippen molar-refractivity contribution in [3.8, 4) is 5.75 Å². The van der Waals surface area contributed by atoms with E-state index < -0.39 is 40.7 Å². The number of β-amino-alcohol motifs (C(OH)–C–C–N with tert-alkyl or cyclic N) is 1. The molecule has 0 saturated carbocycles. The minimum absolute atomic E-state index is 0.0508. The number of ether oxygens (including phenoxy) is 2. The Morgan fingerprint density at radius 3 is 2.50 bits per heavy atom. The van der Waals surface area contributed by atoms with Gasteiger partial charge < -0.3 is 20.3 Å². The first kappa shape index (κ1) is 18.2. The van der Waals surface area contributed by atoms with Gasteiger partial charge in [0.25, 0.3) is 5.91 Å². The first-order chi connectivity index (χ1) is 11.3. The molecule has 132 valence electrons. The normalized spacial score (nSPS) is 21.4. The van der Waals surface area contributed by atoms with Crippen LogP contribution in [-0.2, 0) is 24.3 Å². The summed E-state index contributed by atoms with van der Waals surface area (Å²) in [6.07, 6.45) is -1.13. The number of methoxy groups -OCH3 is 1. The zero-order chi connectivity index (χ0) is 17.9. The Kier molecular flexibility index (Phi) is 5.42. The predicted octanol–water partition coefficient (Wildman–Crippen LogP) is -1.15. The molecular weight excluding hydrogens is 340 g/mol. The van der Waals surface area contributed by atoms with Gasteiger partial charge in [0.15, 0.2) is 6.61 Å². The van der Waals surface area contributed by atoms with Crippen molar-refractivity contribution in [2.75, 3.05) is 20.3 Å². The molecule has 1 fully saturated rings. The van der Waals surface area contributed by atoms with Crippen LogP contribution < -0.4 is 10.5 Å². The molecule has 1 aromatic rings. The van der Waals surface area contributed by atoms with E-state index in [4.69, 9.17) is 10.5 Å². The summed E-state index contributed by atoms with van der Waals surface area (Å²) in [5, 5.41) is 9.76. The van der Waals surface area contributed by atoms with E-state index in [2.05, 4.69) is 4.74 Å². The lowest BCUT2D eigenvalue weighted by Gasteiger charge is -2.22. The van der Waals surface area contributed by atoms with Gasteiger partial charge in [-0.15, -0.1) is 0 Å². The lowest BCUT2D eigenvalue weighted by molar-refractivity contribution is -0.151. The molecule has 2 rings (SSSR count). The van der Waals surface area contributed by atoms with Crippen LogP contribution in [0.15, 0.2) is 29.2 Å². The number of aliphatic hydroxyl groups is 1. The third-order valence-corrected chi connectivity index (χ3v) is 5.42. The van der Waals surface area contributed by atoms with Gasteiger partial charge in [-0.1, -0.05) is 0 Å². The fourth-order valence-corrected chi connectivity index (χ4v) is 4.01. The van der Waals surface area contributed by atoms with E-state index in [1.807, 2.05) is 0 Å². The fraction of sp³-hybridized carbons (Fsp3) is 0.429. The minimum Gasteiger partial charge on any atom is -0.497 e. The van der Waals surface area contributed by atoms with Crippen LogP contribution in [0.25, 0.3) is 0 Å². The van der Waals surface area contributed by atoms with Crippen LogP contribution in [0.3, 0.4) is 0 Å². The second-order valence-electron chi connectivity index (χ2n) is 5.23. The molecule has 0 aromatic heterocycles. The summed E-state index contributed by atoms with van der Waals surface area (Å²) in [4.78, 5) is 22.7. The van der Waals surface area contributed by atoms with E-state index in [0.717, 1.165) is 4.31 Å². The Bertz CT molecular complexity index is 717. The van der Waals surface area contributed by atoms with Crippen molar-refractivity contribution in [2.24, 2.45) is 5.73 Å². The zero-order valence-electron chi connectivity index (χ0n) is 12.9. The van der Waals surface area contributed by atoms with E-state index in [9.17, 15) is 23.1 Å². The summed E-state index contributed by atoms with van der Waals surface area (Å²) < 4.78 is 35.9. The number of hydrogen-bond acceptors (Lipinski definition) is 7. The number of aliphatic hydroxyl groups excluding tert-OH is 1. The maximum atomic E-state index is 12.7. The second kappa shape index (κ2) is 7.16. The number of nitrogens with two attached hydrogens (primary N) is 1. The Morgan fingerprint density at radius 2 is 1.96 bits per heavy atom. The number of hydrogen-bond donors (Lipinski definition) is 2. The maximum Gasteiger partial charge on any atom is 0.325 e. The fourth-order valence-electron chi connectivity index (χ4n) is 2.39. The van der Waals surface area contributed by atoms with Crippen molar-refractivity contribution in [1.82, 2.24) is 4.31 Å². The third kappa shape index (κ3) is 3.83. The van der Waals surface area contributed by atoms with Crippen molar-refractivity contribution < 1.29 is 32.6 Å². The monoisotopic (exact) mass is 358 g/mol. The summed E-state index contributed by atoms with van der Waals surface area (Å²) >= 11 is 0. The first-order valence-electron chi connectivity index (χ1n) is 7.04. The van der Waals surface area contributed by atoms with E-state index >= 15 is 0 Å². The standard InChI is InChI=1S/C14H18N2O7S/c1-22-10-2-4-11(5-3-10)24(20,21)16-7-9(17)6-12(16)14(19)23-8-13(15)18/h2-5,9,12,17H,6-8H2,1H3,(H2,15,18)/t9-,12-/m0/s1. The predicted molar refractivity (Wildman–Crippen MR) is 81.5 cm³/mol. The van der Waals surface area contributed by atoms with Crippen molar-refractivity contribution >= 4 is 21.9 Å². The number of carbonyl (C=O) groups excluding carboxylic acids is 2. The van der Waals surface area contributed by atoms with Gasteiger partial charge >= 0.3 is 5.97 Å². The van der Waals surface area contributed by atoms with Crippen molar-refractivity contribution in [3.05, 3.63) is 24.3 Å². The molecule has 3 N–H and O–H groups in total. The van der Waals surface area contributed by atoms with Gasteiger partial charge in [0.1, 0.15) is 11.8 Å². The Morgan fingerprint density at radius 1 is 1.33 bits per heavy atom. The van der Waals surface area contributed by atoms with Gasteiger partial charge in [-0.3, -0.25) is 9.59 Å². The van der Waals surface area contributed by atoms with Gasteiger partial charge in [-0.2, -0.15) is 4.31 Å². The first-order valence-corrected chi connectivity index (χ1v) is 8.48. The quantitative estimate of drug-likeness (QED) is 0.613. The molecular formula is C14H18N2O7S. The highest BCUT2D eigenvalue weighted by Gasteiger charge is 2.44. The number of benzene rings is 1. The molecule has 1 heterocycles. The van der Waals surface area contributed by atoms with Gasteiger partial charge in [-0.25, -0.2) is 8.42 Å². The molecule has 0 spiro atoms. The van der Waals surface area contributed by atoms with E-state index in [1.54, 1.807) is 0 Å².